The van der Waals surface area contributed by atoms with Crippen molar-refractivity contribution in [2.45, 2.75) is 45.6 Å². The van der Waals surface area contributed by atoms with Crippen molar-refractivity contribution < 1.29 is 9.53 Å². The highest BCUT2D eigenvalue weighted by Crippen LogP contribution is 2.10. The van der Waals surface area contributed by atoms with Crippen LogP contribution >= 0.6 is 0 Å². The first-order valence-electron chi connectivity index (χ1n) is 6.86. The fourth-order valence-electron chi connectivity index (χ4n) is 2.08. The number of hydrogen-bond acceptors (Lipinski definition) is 3. The number of carbonyl (C=O) groups excluding carboxylic acids is 1. The van der Waals surface area contributed by atoms with Crippen LogP contribution in [0.25, 0.3) is 0 Å². The first-order valence-corrected chi connectivity index (χ1v) is 6.86. The summed E-state index contributed by atoms with van der Waals surface area (Å²) in [5.41, 5.74) is 0. The van der Waals surface area contributed by atoms with Crippen molar-refractivity contribution >= 4 is 5.91 Å². The van der Waals surface area contributed by atoms with E-state index in [0.717, 1.165) is 38.9 Å². The highest BCUT2D eigenvalue weighted by Gasteiger charge is 2.21. The van der Waals surface area contributed by atoms with Crippen LogP contribution in [0.5, 0.6) is 0 Å². The van der Waals surface area contributed by atoms with Gasteiger partial charge in [0, 0.05) is 25.7 Å². The lowest BCUT2D eigenvalue weighted by atomic mass is 10.0. The van der Waals surface area contributed by atoms with Crippen molar-refractivity contribution in [2.24, 2.45) is 0 Å². The standard InChI is InChI=1S/C13H26N2O2/c1-3-7-14-12-5-8-15(9-6-12)13(16)11-17-10-4-2/h12,14H,3-11H2,1-2H3. The van der Waals surface area contributed by atoms with Crippen LogP contribution in [0.15, 0.2) is 0 Å². The van der Waals surface area contributed by atoms with Gasteiger partial charge in [0.2, 0.25) is 5.91 Å². The zero-order valence-electron chi connectivity index (χ0n) is 11.2. The van der Waals surface area contributed by atoms with Gasteiger partial charge < -0.3 is 15.0 Å². The van der Waals surface area contributed by atoms with Gasteiger partial charge >= 0.3 is 0 Å². The molecule has 0 aromatic carbocycles. The second-order valence-corrected chi connectivity index (χ2v) is 4.66. The average molecular weight is 242 g/mol. The van der Waals surface area contributed by atoms with Crippen molar-refractivity contribution in [3.63, 3.8) is 0 Å². The Balaban J connectivity index is 2.15. The van der Waals surface area contributed by atoms with E-state index in [9.17, 15) is 4.79 Å². The summed E-state index contributed by atoms with van der Waals surface area (Å²) < 4.78 is 5.28. The minimum Gasteiger partial charge on any atom is -0.372 e. The summed E-state index contributed by atoms with van der Waals surface area (Å²) in [5, 5.41) is 3.51. The normalized spacial score (nSPS) is 17.4. The molecule has 0 saturated carbocycles. The molecule has 0 aromatic rings. The van der Waals surface area contributed by atoms with E-state index in [4.69, 9.17) is 4.74 Å². The maximum Gasteiger partial charge on any atom is 0.248 e. The van der Waals surface area contributed by atoms with Gasteiger partial charge in [0.05, 0.1) is 0 Å². The lowest BCUT2D eigenvalue weighted by molar-refractivity contribution is -0.137. The van der Waals surface area contributed by atoms with Crippen molar-refractivity contribution in [2.75, 3.05) is 32.8 Å². The molecule has 0 atom stereocenters. The molecule has 1 saturated heterocycles. The van der Waals surface area contributed by atoms with E-state index in [1.54, 1.807) is 0 Å². The van der Waals surface area contributed by atoms with Crippen LogP contribution < -0.4 is 5.32 Å². The summed E-state index contributed by atoms with van der Waals surface area (Å²) in [4.78, 5) is 13.7. The Morgan fingerprint density at radius 3 is 2.59 bits per heavy atom. The number of nitrogens with zero attached hydrogens (tertiary/aromatic N) is 1. The van der Waals surface area contributed by atoms with E-state index in [0.29, 0.717) is 12.6 Å². The molecule has 0 unspecified atom stereocenters. The number of carbonyl (C=O) groups is 1. The zero-order chi connectivity index (χ0) is 12.5. The maximum atomic E-state index is 11.8. The molecule has 100 valence electrons. The Bertz CT molecular complexity index is 213. The highest BCUT2D eigenvalue weighted by molar-refractivity contribution is 5.77. The van der Waals surface area contributed by atoms with Gasteiger partial charge in [-0.25, -0.2) is 0 Å². The number of hydrogen-bond donors (Lipinski definition) is 1. The summed E-state index contributed by atoms with van der Waals surface area (Å²) in [7, 11) is 0. The van der Waals surface area contributed by atoms with Crippen LogP contribution in [0.4, 0.5) is 0 Å². The first kappa shape index (κ1) is 14.5. The van der Waals surface area contributed by atoms with Gasteiger partial charge in [0.15, 0.2) is 0 Å². The predicted molar refractivity (Wildman–Crippen MR) is 69.0 cm³/mol. The van der Waals surface area contributed by atoms with E-state index < -0.39 is 0 Å². The molecule has 0 aromatic heterocycles. The monoisotopic (exact) mass is 242 g/mol. The summed E-state index contributed by atoms with van der Waals surface area (Å²) >= 11 is 0. The molecule has 1 fully saturated rings. The fraction of sp³-hybridized carbons (Fsp3) is 0.923. The Hall–Kier alpha value is -0.610. The second-order valence-electron chi connectivity index (χ2n) is 4.66. The summed E-state index contributed by atoms with van der Waals surface area (Å²) in [6.07, 6.45) is 4.28. The van der Waals surface area contributed by atoms with Gasteiger partial charge in [-0.15, -0.1) is 0 Å². The lowest BCUT2D eigenvalue weighted by Crippen LogP contribution is -2.46. The minimum absolute atomic E-state index is 0.146. The second kappa shape index (κ2) is 8.48. The molecule has 1 aliphatic heterocycles. The predicted octanol–water partition coefficient (Wildman–Crippen LogP) is 1.40. The van der Waals surface area contributed by atoms with Gasteiger partial charge in [-0.1, -0.05) is 13.8 Å². The van der Waals surface area contributed by atoms with Crippen LogP contribution in [0.1, 0.15) is 39.5 Å². The smallest absolute Gasteiger partial charge is 0.248 e. The molecule has 0 bridgehead atoms. The molecule has 0 radical (unpaired) electrons. The first-order chi connectivity index (χ1) is 8.27. The fourth-order valence-corrected chi connectivity index (χ4v) is 2.08. The SMILES string of the molecule is CCCNC1CCN(C(=O)COCCC)CC1. The molecular weight excluding hydrogens is 216 g/mol. The van der Waals surface area contributed by atoms with Crippen molar-refractivity contribution in [3.8, 4) is 0 Å². The Morgan fingerprint density at radius 1 is 1.29 bits per heavy atom. The van der Waals surface area contributed by atoms with Gasteiger partial charge in [-0.2, -0.15) is 0 Å². The number of nitrogens with one attached hydrogen (secondary N) is 1. The molecule has 1 amide bonds. The zero-order valence-corrected chi connectivity index (χ0v) is 11.2. The molecule has 1 rings (SSSR count). The third-order valence-corrected chi connectivity index (χ3v) is 3.10. The van der Waals surface area contributed by atoms with E-state index in [1.807, 2.05) is 4.90 Å². The Kier molecular flexibility index (Phi) is 7.21. The quantitative estimate of drug-likeness (QED) is 0.686. The summed E-state index contributed by atoms with van der Waals surface area (Å²) in [5.74, 6) is 0.146. The van der Waals surface area contributed by atoms with Crippen molar-refractivity contribution in [3.05, 3.63) is 0 Å². The van der Waals surface area contributed by atoms with Crippen LogP contribution in [0.3, 0.4) is 0 Å². The minimum atomic E-state index is 0.146. The van der Waals surface area contributed by atoms with Crippen LogP contribution in [0, 0.1) is 0 Å². The molecule has 4 heteroatoms. The van der Waals surface area contributed by atoms with Gasteiger partial charge in [0.25, 0.3) is 0 Å². The lowest BCUT2D eigenvalue weighted by Gasteiger charge is -2.32. The molecule has 1 heterocycles. The third-order valence-electron chi connectivity index (χ3n) is 3.10. The number of rotatable bonds is 7. The van der Waals surface area contributed by atoms with E-state index in [2.05, 4.69) is 19.2 Å². The number of likely N-dealkylation sites (tertiary alicyclic amines) is 1. The Morgan fingerprint density at radius 2 is 2.00 bits per heavy atom. The summed E-state index contributed by atoms with van der Waals surface area (Å²) in [6.45, 7) is 7.98. The van der Waals surface area contributed by atoms with Crippen LogP contribution in [-0.4, -0.2) is 49.7 Å². The molecule has 1 N–H and O–H groups in total. The van der Waals surface area contributed by atoms with Gasteiger partial charge in [-0.3, -0.25) is 4.79 Å². The molecule has 1 aliphatic rings. The molecule has 0 spiro atoms. The highest BCUT2D eigenvalue weighted by atomic mass is 16.5. The third kappa shape index (κ3) is 5.50. The molecular formula is C13H26N2O2. The van der Waals surface area contributed by atoms with E-state index in [1.165, 1.54) is 6.42 Å². The van der Waals surface area contributed by atoms with E-state index in [-0.39, 0.29) is 12.5 Å². The number of amides is 1. The molecule has 0 aliphatic carbocycles. The Labute approximate surface area is 105 Å². The van der Waals surface area contributed by atoms with Crippen molar-refractivity contribution in [1.29, 1.82) is 0 Å². The largest absolute Gasteiger partial charge is 0.372 e. The van der Waals surface area contributed by atoms with Gasteiger partial charge in [0.1, 0.15) is 6.61 Å². The van der Waals surface area contributed by atoms with Crippen LogP contribution in [0.2, 0.25) is 0 Å². The van der Waals surface area contributed by atoms with Gasteiger partial charge in [-0.05, 0) is 32.2 Å². The van der Waals surface area contributed by atoms with E-state index >= 15 is 0 Å². The summed E-state index contributed by atoms with van der Waals surface area (Å²) in [6, 6.07) is 0.593. The van der Waals surface area contributed by atoms with Crippen molar-refractivity contribution in [1.82, 2.24) is 10.2 Å². The number of ether oxygens (including phenoxy) is 1. The maximum absolute atomic E-state index is 11.8. The topological polar surface area (TPSA) is 41.6 Å². The number of piperidine rings is 1. The molecule has 4 nitrogen and oxygen atoms in total. The molecule has 17 heavy (non-hydrogen) atoms. The van der Waals surface area contributed by atoms with Crippen LogP contribution in [-0.2, 0) is 9.53 Å². The average Bonchev–Trinajstić information content (AvgIpc) is 2.37.